The highest BCUT2D eigenvalue weighted by molar-refractivity contribution is 9.10. The van der Waals surface area contributed by atoms with Crippen LogP contribution < -0.4 is 23.0 Å². The summed E-state index contributed by atoms with van der Waals surface area (Å²) in [7, 11) is 0. The van der Waals surface area contributed by atoms with Gasteiger partial charge in [0.25, 0.3) is 5.91 Å². The highest BCUT2D eigenvalue weighted by Gasteiger charge is 2.27. The van der Waals surface area contributed by atoms with Gasteiger partial charge < -0.3 is 32.7 Å². The molecule has 1 amide bonds. The van der Waals surface area contributed by atoms with Crippen LogP contribution in [0.4, 0.5) is 0 Å². The normalized spacial score (nSPS) is 14.2. The van der Waals surface area contributed by atoms with Gasteiger partial charge in [-0.2, -0.15) is 0 Å². The van der Waals surface area contributed by atoms with E-state index in [0.717, 1.165) is 46.9 Å². The number of amides is 1. The van der Waals surface area contributed by atoms with Crippen LogP contribution in [0.5, 0.6) is 0 Å². The highest BCUT2D eigenvalue weighted by atomic mass is 79.9. The third kappa shape index (κ3) is 5.82. The standard InChI is InChI=1S/C26H30BrN3O3.ClH/c1-16(2)18-5-3-17(4-6-18)15-30-23-8-7-19(27)13-21(23)22(14-24(31)32)25(30)26(33)29-20-9-11-28-12-10-20;/h3-8,13,16,20,28H,9-12,14-15H2,1-2H3,(H,29,33)(H,31,32);1H. The van der Waals surface area contributed by atoms with Crippen molar-refractivity contribution < 1.29 is 32.4 Å². The summed E-state index contributed by atoms with van der Waals surface area (Å²) in [5, 5.41) is 15.9. The quantitative estimate of drug-likeness (QED) is 0.405. The van der Waals surface area contributed by atoms with Crippen LogP contribution >= 0.6 is 15.9 Å². The Hall–Kier alpha value is -2.35. The molecule has 0 unspecified atom stereocenters. The molecule has 4 rings (SSSR count). The van der Waals surface area contributed by atoms with E-state index in [2.05, 4.69) is 64.7 Å². The Morgan fingerprint density at radius 3 is 2.44 bits per heavy atom. The maximum atomic E-state index is 13.6. The molecule has 1 aliphatic rings. The van der Waals surface area contributed by atoms with Crippen molar-refractivity contribution in [3.05, 3.63) is 69.3 Å². The number of fused-ring (bicyclic) bond motifs is 1. The lowest BCUT2D eigenvalue weighted by molar-refractivity contribution is -0.663. The van der Waals surface area contributed by atoms with Gasteiger partial charge in [-0.3, -0.25) is 9.59 Å². The zero-order valence-electron chi connectivity index (χ0n) is 19.5. The minimum Gasteiger partial charge on any atom is -1.00 e. The van der Waals surface area contributed by atoms with Gasteiger partial charge in [0, 0.05) is 46.4 Å². The van der Waals surface area contributed by atoms with E-state index in [0.29, 0.717) is 23.7 Å². The summed E-state index contributed by atoms with van der Waals surface area (Å²) < 4.78 is 2.84. The molecule has 182 valence electrons. The topological polar surface area (TPSA) is 87.9 Å². The number of carbonyl (C=O) groups excluding carboxylic acids is 1. The van der Waals surface area contributed by atoms with Crippen LogP contribution in [-0.4, -0.2) is 40.7 Å². The van der Waals surface area contributed by atoms with Crippen molar-refractivity contribution in [1.29, 1.82) is 0 Å². The summed E-state index contributed by atoms with van der Waals surface area (Å²) in [6.07, 6.45) is 1.64. The molecule has 1 fully saturated rings. The minimum absolute atomic E-state index is 0. The van der Waals surface area contributed by atoms with Crippen LogP contribution in [0.3, 0.4) is 0 Å². The molecule has 8 heteroatoms. The largest absolute Gasteiger partial charge is 1.00 e. The Balaban J connectivity index is 0.00000324. The zero-order chi connectivity index (χ0) is 23.5. The van der Waals surface area contributed by atoms with Crippen molar-refractivity contribution in [2.75, 3.05) is 13.1 Å². The molecule has 4 N–H and O–H groups in total. The number of piperidine rings is 1. The summed E-state index contributed by atoms with van der Waals surface area (Å²) in [6, 6.07) is 14.4. The number of nitrogens with zero attached hydrogens (tertiary/aromatic N) is 1. The molecule has 0 aliphatic carbocycles. The van der Waals surface area contributed by atoms with E-state index in [9.17, 15) is 14.7 Å². The first-order chi connectivity index (χ1) is 15.8. The molecular formula is C26H31BrClN3O3. The first-order valence-corrected chi connectivity index (χ1v) is 12.4. The first-order valence-electron chi connectivity index (χ1n) is 11.6. The molecule has 1 saturated heterocycles. The molecule has 1 aromatic heterocycles. The second-order valence-corrected chi connectivity index (χ2v) is 10.1. The van der Waals surface area contributed by atoms with E-state index in [1.54, 1.807) is 0 Å². The molecule has 2 aromatic carbocycles. The number of nitrogens with two attached hydrogens (primary N) is 1. The number of carboxylic acids is 1. The van der Waals surface area contributed by atoms with Gasteiger partial charge in [-0.25, -0.2) is 0 Å². The van der Waals surface area contributed by atoms with E-state index in [1.165, 1.54) is 5.56 Å². The number of quaternary nitrogens is 1. The van der Waals surface area contributed by atoms with E-state index < -0.39 is 5.97 Å². The number of carboxylic acid groups (broad SMARTS) is 1. The molecule has 6 nitrogen and oxygen atoms in total. The Kier molecular flexibility index (Phi) is 8.79. The fraction of sp³-hybridized carbons (Fsp3) is 0.385. The lowest BCUT2D eigenvalue weighted by Crippen LogP contribution is -3.00. The third-order valence-electron chi connectivity index (χ3n) is 6.43. The molecule has 0 saturated carbocycles. The van der Waals surface area contributed by atoms with Crippen LogP contribution in [0.2, 0.25) is 0 Å². The van der Waals surface area contributed by atoms with Crippen LogP contribution in [0.25, 0.3) is 10.9 Å². The predicted molar refractivity (Wildman–Crippen MR) is 133 cm³/mol. The third-order valence-corrected chi connectivity index (χ3v) is 6.93. The van der Waals surface area contributed by atoms with Gasteiger partial charge in [0.15, 0.2) is 0 Å². The lowest BCUT2D eigenvalue weighted by atomic mass is 10.0. The fourth-order valence-electron chi connectivity index (χ4n) is 4.67. The lowest BCUT2D eigenvalue weighted by Gasteiger charge is -2.22. The van der Waals surface area contributed by atoms with Crippen molar-refractivity contribution in [3.63, 3.8) is 0 Å². The van der Waals surface area contributed by atoms with E-state index in [4.69, 9.17) is 0 Å². The molecule has 0 bridgehead atoms. The van der Waals surface area contributed by atoms with Crippen LogP contribution in [0.1, 0.15) is 59.8 Å². The average molecular weight is 549 g/mol. The summed E-state index contributed by atoms with van der Waals surface area (Å²) in [6.45, 7) is 6.80. The Morgan fingerprint density at radius 2 is 1.82 bits per heavy atom. The fourth-order valence-corrected chi connectivity index (χ4v) is 5.03. The van der Waals surface area contributed by atoms with Gasteiger partial charge in [0.2, 0.25) is 0 Å². The number of hydrogen-bond acceptors (Lipinski definition) is 2. The molecule has 34 heavy (non-hydrogen) atoms. The summed E-state index contributed by atoms with van der Waals surface area (Å²) in [5.41, 5.74) is 4.22. The second-order valence-electron chi connectivity index (χ2n) is 9.16. The first kappa shape index (κ1) is 26.3. The number of aliphatic carboxylic acids is 1. The number of carbonyl (C=O) groups is 2. The number of nitrogens with one attached hydrogen (secondary N) is 1. The van der Waals surface area contributed by atoms with Gasteiger partial charge in [-0.05, 0) is 35.2 Å². The van der Waals surface area contributed by atoms with Gasteiger partial charge >= 0.3 is 5.97 Å². The predicted octanol–water partition coefficient (Wildman–Crippen LogP) is 0.662. The molecule has 0 radical (unpaired) electrons. The summed E-state index contributed by atoms with van der Waals surface area (Å²) in [4.78, 5) is 25.4. The number of benzene rings is 2. The average Bonchev–Trinajstić information content (AvgIpc) is 3.06. The monoisotopic (exact) mass is 547 g/mol. The van der Waals surface area contributed by atoms with Gasteiger partial charge in [0.1, 0.15) is 5.69 Å². The summed E-state index contributed by atoms with van der Waals surface area (Å²) in [5.74, 6) is -0.694. The van der Waals surface area contributed by atoms with Crippen molar-refractivity contribution in [1.82, 2.24) is 9.88 Å². The Labute approximate surface area is 214 Å². The van der Waals surface area contributed by atoms with Gasteiger partial charge in [-0.15, -0.1) is 0 Å². The van der Waals surface area contributed by atoms with Crippen molar-refractivity contribution in [2.24, 2.45) is 0 Å². The van der Waals surface area contributed by atoms with E-state index in [-0.39, 0.29) is 30.8 Å². The maximum Gasteiger partial charge on any atom is 0.307 e. The Bertz CT molecular complexity index is 1170. The van der Waals surface area contributed by atoms with Crippen LogP contribution in [0.15, 0.2) is 46.9 Å². The zero-order valence-corrected chi connectivity index (χ0v) is 21.8. The Morgan fingerprint density at radius 1 is 1.15 bits per heavy atom. The highest BCUT2D eigenvalue weighted by Crippen LogP contribution is 2.31. The number of halogens is 2. The van der Waals surface area contributed by atoms with E-state index >= 15 is 0 Å². The SMILES string of the molecule is CC(C)c1ccc(Cn2c(C(=O)NC3CC[NH2+]CC3)c(CC(=O)O)c3cc(Br)ccc32)cc1.[Cl-]. The van der Waals surface area contributed by atoms with Crippen LogP contribution in [0, 0.1) is 0 Å². The van der Waals surface area contributed by atoms with Crippen LogP contribution in [-0.2, 0) is 17.8 Å². The van der Waals surface area contributed by atoms with Gasteiger partial charge in [0.05, 0.1) is 19.5 Å². The smallest absolute Gasteiger partial charge is 0.307 e. The van der Waals surface area contributed by atoms with Crippen molar-refractivity contribution in [2.45, 2.75) is 51.6 Å². The molecule has 0 spiro atoms. The second kappa shape index (κ2) is 11.4. The number of rotatable bonds is 7. The molecular weight excluding hydrogens is 518 g/mol. The van der Waals surface area contributed by atoms with E-state index in [1.807, 2.05) is 22.8 Å². The number of aromatic nitrogens is 1. The minimum atomic E-state index is -0.948. The number of hydrogen-bond donors (Lipinski definition) is 3. The maximum absolute atomic E-state index is 13.6. The van der Waals surface area contributed by atoms with Crippen molar-refractivity contribution >= 4 is 38.7 Å². The molecule has 0 atom stereocenters. The molecule has 3 aromatic rings. The summed E-state index contributed by atoms with van der Waals surface area (Å²) >= 11 is 3.51. The molecule has 1 aliphatic heterocycles. The van der Waals surface area contributed by atoms with Crippen molar-refractivity contribution in [3.8, 4) is 0 Å². The molecule has 2 heterocycles. The van der Waals surface area contributed by atoms with Gasteiger partial charge in [-0.1, -0.05) is 54.0 Å².